The lowest BCUT2D eigenvalue weighted by Crippen LogP contribution is -2.66. The molecule has 1 heterocycles. The Morgan fingerprint density at radius 2 is 1.38 bits per heavy atom. The molecule has 19 nitrogen and oxygen atoms in total. The van der Waals surface area contributed by atoms with Crippen LogP contribution in [-0.4, -0.2) is 89.5 Å². The summed E-state index contributed by atoms with van der Waals surface area (Å²) in [7, 11) is 0. The second kappa shape index (κ2) is 18.3. The largest absolute Gasteiger partial charge is 0.461 e. The van der Waals surface area contributed by atoms with Crippen LogP contribution in [0.4, 0.5) is 4.79 Å². The molecule has 4 rings (SSSR count). The van der Waals surface area contributed by atoms with E-state index in [4.69, 9.17) is 23.7 Å². The molecule has 50 heavy (non-hydrogen) atoms. The summed E-state index contributed by atoms with van der Waals surface area (Å²) < 4.78 is 28.7. The maximum Gasteiger partial charge on any atom is 0.410 e. The molecule has 1 N–H and O–H groups in total. The smallest absolute Gasteiger partial charge is 0.410 e. The summed E-state index contributed by atoms with van der Waals surface area (Å²) in [6.07, 6.45) is -8.74. The van der Waals surface area contributed by atoms with Crippen molar-refractivity contribution in [3.05, 3.63) is 103 Å². The summed E-state index contributed by atoms with van der Waals surface area (Å²) in [5.41, 5.74) is 29.6. The molecule has 2 aromatic carbocycles. The zero-order valence-electron chi connectivity index (χ0n) is 27.2. The number of carbonyl (C=O) groups excluding carboxylic acids is 3. The van der Waals surface area contributed by atoms with Gasteiger partial charge in [0.25, 0.3) is 0 Å². The lowest BCUT2D eigenvalue weighted by atomic mass is 9.81. The third kappa shape index (κ3) is 9.99. The zero-order valence-corrected chi connectivity index (χ0v) is 27.2. The van der Waals surface area contributed by atoms with Crippen molar-refractivity contribution in [2.75, 3.05) is 6.54 Å². The molecule has 1 amide bonds. The second-order valence-electron chi connectivity index (χ2n) is 11.5. The van der Waals surface area contributed by atoms with Gasteiger partial charge in [-0.15, -0.1) is 0 Å². The minimum atomic E-state index is -1.81. The Labute approximate surface area is 285 Å². The number of rotatable bonds is 13. The molecule has 19 heteroatoms. The van der Waals surface area contributed by atoms with Crippen molar-refractivity contribution in [2.45, 2.75) is 94.8 Å². The summed E-state index contributed by atoms with van der Waals surface area (Å²) in [5.74, 6) is -1.73. The van der Waals surface area contributed by atoms with Crippen molar-refractivity contribution in [3.63, 3.8) is 0 Å². The standard InChI is InChI=1S/C31H36N10O9/c1-18(42)47-27-24(36-39-33)28(48-19(2)43)26(44)29(25(27)37-40-34)50-30-23(35-38-32)14-13-22(49-30)16-41(15-20-9-5-3-6-10-20)31(45)46-17-21-11-7-4-8-12-21/h3-12,22-30,44H,13-17H2,1-2H3/t22-,23+,24+,25-,26+,27+,28?,29+,30+/m0/s1. The maximum atomic E-state index is 13.4. The molecule has 2 fully saturated rings. The summed E-state index contributed by atoms with van der Waals surface area (Å²) >= 11 is 0. The Hall–Kier alpha value is -5.54. The third-order valence-electron chi connectivity index (χ3n) is 8.01. The van der Waals surface area contributed by atoms with E-state index in [1.54, 1.807) is 0 Å². The number of amides is 1. The molecule has 0 spiro atoms. The van der Waals surface area contributed by atoms with Gasteiger partial charge in [-0.25, -0.2) is 4.79 Å². The Bertz CT molecular complexity index is 1620. The molecule has 0 bridgehead atoms. The number of nitrogens with zero attached hydrogens (tertiary/aromatic N) is 10. The Morgan fingerprint density at radius 1 is 0.820 bits per heavy atom. The lowest BCUT2D eigenvalue weighted by molar-refractivity contribution is -0.264. The van der Waals surface area contributed by atoms with Crippen molar-refractivity contribution in [3.8, 4) is 0 Å². The van der Waals surface area contributed by atoms with E-state index in [1.165, 1.54) is 4.90 Å². The molecule has 2 aliphatic rings. The van der Waals surface area contributed by atoms with Crippen molar-refractivity contribution >= 4 is 18.0 Å². The fraction of sp³-hybridized carbons (Fsp3) is 0.516. The van der Waals surface area contributed by atoms with Gasteiger partial charge in [0, 0.05) is 35.1 Å². The normalized spacial score (nSPS) is 27.2. The van der Waals surface area contributed by atoms with Crippen molar-refractivity contribution < 1.29 is 43.2 Å². The Kier molecular flexibility index (Phi) is 13.6. The molecule has 0 aromatic heterocycles. The number of aliphatic hydroxyl groups is 1. The topological polar surface area (TPSA) is 267 Å². The van der Waals surface area contributed by atoms with E-state index in [9.17, 15) is 36.1 Å². The number of hydrogen-bond donors (Lipinski definition) is 1. The predicted molar refractivity (Wildman–Crippen MR) is 172 cm³/mol. The summed E-state index contributed by atoms with van der Waals surface area (Å²) in [6.45, 7) is 2.33. The van der Waals surface area contributed by atoms with Crippen LogP contribution in [0, 0.1) is 0 Å². The lowest BCUT2D eigenvalue weighted by Gasteiger charge is -2.47. The van der Waals surface area contributed by atoms with Crippen LogP contribution in [0.3, 0.4) is 0 Å². The molecule has 2 aromatic rings. The minimum absolute atomic E-state index is 0.0173. The van der Waals surface area contributed by atoms with Gasteiger partial charge in [-0.1, -0.05) is 76.0 Å². The van der Waals surface area contributed by atoms with E-state index in [-0.39, 0.29) is 26.1 Å². The van der Waals surface area contributed by atoms with Crippen LogP contribution in [0.15, 0.2) is 76.0 Å². The van der Waals surface area contributed by atoms with Crippen LogP contribution in [0.5, 0.6) is 0 Å². The highest BCUT2D eigenvalue weighted by Crippen LogP contribution is 2.35. The number of azide groups is 3. The van der Waals surface area contributed by atoms with Gasteiger partial charge >= 0.3 is 18.0 Å². The van der Waals surface area contributed by atoms with Gasteiger partial charge in [0.1, 0.15) is 43.1 Å². The van der Waals surface area contributed by atoms with E-state index in [0.717, 1.165) is 25.0 Å². The third-order valence-corrected chi connectivity index (χ3v) is 8.01. The number of benzene rings is 2. The Balaban J connectivity index is 1.61. The van der Waals surface area contributed by atoms with Crippen molar-refractivity contribution in [1.29, 1.82) is 0 Å². The van der Waals surface area contributed by atoms with E-state index in [2.05, 4.69) is 30.1 Å². The summed E-state index contributed by atoms with van der Waals surface area (Å²) in [6, 6.07) is 14.4. The molecule has 1 saturated heterocycles. The maximum absolute atomic E-state index is 13.4. The zero-order chi connectivity index (χ0) is 36.0. The first-order valence-electron chi connectivity index (χ1n) is 15.6. The van der Waals surface area contributed by atoms with E-state index in [1.807, 2.05) is 60.7 Å². The highest BCUT2D eigenvalue weighted by atomic mass is 16.7. The predicted octanol–water partition coefficient (Wildman–Crippen LogP) is 4.99. The van der Waals surface area contributed by atoms with Gasteiger partial charge in [0.05, 0.1) is 18.7 Å². The quantitative estimate of drug-likeness (QED) is 0.0972. The van der Waals surface area contributed by atoms with Gasteiger partial charge in [-0.3, -0.25) is 9.59 Å². The molecule has 1 saturated carbocycles. The number of carbonyl (C=O) groups is 3. The summed E-state index contributed by atoms with van der Waals surface area (Å²) in [5, 5.41) is 22.5. The van der Waals surface area contributed by atoms with Crippen LogP contribution in [0.25, 0.3) is 31.3 Å². The van der Waals surface area contributed by atoms with Crippen LogP contribution >= 0.6 is 0 Å². The van der Waals surface area contributed by atoms with Crippen molar-refractivity contribution in [1.82, 2.24) is 4.90 Å². The molecule has 1 aliphatic carbocycles. The molecule has 264 valence electrons. The first-order chi connectivity index (χ1) is 24.1. The van der Waals surface area contributed by atoms with Gasteiger partial charge in [0.15, 0.2) is 6.29 Å². The van der Waals surface area contributed by atoms with Gasteiger partial charge in [-0.05, 0) is 40.6 Å². The van der Waals surface area contributed by atoms with Gasteiger partial charge < -0.3 is 33.7 Å². The monoisotopic (exact) mass is 692 g/mol. The first-order valence-corrected chi connectivity index (χ1v) is 15.6. The van der Waals surface area contributed by atoms with E-state index < -0.39 is 73.0 Å². The molecule has 1 aliphatic heterocycles. The average Bonchev–Trinajstić information content (AvgIpc) is 3.10. The molecule has 0 radical (unpaired) electrons. The van der Waals surface area contributed by atoms with Crippen LogP contribution in [0.2, 0.25) is 0 Å². The van der Waals surface area contributed by atoms with Gasteiger partial charge in [-0.2, -0.15) is 0 Å². The first kappa shape index (κ1) is 37.3. The average molecular weight is 693 g/mol. The van der Waals surface area contributed by atoms with Gasteiger partial charge in [0.2, 0.25) is 0 Å². The van der Waals surface area contributed by atoms with Crippen LogP contribution in [0.1, 0.15) is 37.8 Å². The summed E-state index contributed by atoms with van der Waals surface area (Å²) in [4.78, 5) is 47.4. The SMILES string of the molecule is CC(=O)OC1[C@@H](O)[C@H](O[C@H]2O[C@H](CN(Cc3ccccc3)C(=O)OCc3ccccc3)CC[C@H]2N=[N+]=[N-])[C@@H](N=[N+]=[N-])[C@H](OC(C)=O)[C@H]1N=[N+]=[N-]. The second-order valence-corrected chi connectivity index (χ2v) is 11.5. The van der Waals surface area contributed by atoms with Crippen LogP contribution < -0.4 is 0 Å². The highest BCUT2D eigenvalue weighted by molar-refractivity contribution is 5.68. The van der Waals surface area contributed by atoms with Crippen LogP contribution in [-0.2, 0) is 46.4 Å². The highest BCUT2D eigenvalue weighted by Gasteiger charge is 2.55. The Morgan fingerprint density at radius 3 is 1.96 bits per heavy atom. The van der Waals surface area contributed by atoms with Crippen molar-refractivity contribution in [2.24, 2.45) is 15.3 Å². The number of ether oxygens (including phenoxy) is 5. The number of esters is 2. The molecular weight excluding hydrogens is 656 g/mol. The molecular formula is C31H36N10O9. The van der Waals surface area contributed by atoms with E-state index >= 15 is 0 Å². The minimum Gasteiger partial charge on any atom is -0.461 e. The fourth-order valence-corrected chi connectivity index (χ4v) is 5.87. The number of aliphatic hydroxyl groups excluding tert-OH is 1. The molecule has 1 unspecified atom stereocenters. The molecule has 9 atom stereocenters. The van der Waals surface area contributed by atoms with E-state index in [0.29, 0.717) is 6.42 Å². The number of hydrogen-bond acceptors (Lipinski definition) is 12. The fourth-order valence-electron chi connectivity index (χ4n) is 5.87.